The van der Waals surface area contributed by atoms with Crippen LogP contribution >= 0.6 is 0 Å². The largest absolute Gasteiger partial charge is 0.459 e. The third kappa shape index (κ3) is 2.49. The lowest BCUT2D eigenvalue weighted by Crippen LogP contribution is -2.36. The highest BCUT2D eigenvalue weighted by Gasteiger charge is 2.52. The first kappa shape index (κ1) is 11.5. The average molecular weight is 198 g/mol. The fourth-order valence-corrected chi connectivity index (χ4v) is 1.57. The molecule has 14 heavy (non-hydrogen) atoms. The van der Waals surface area contributed by atoms with Gasteiger partial charge in [-0.25, -0.2) is 0 Å². The zero-order valence-corrected chi connectivity index (χ0v) is 10.0. The maximum absolute atomic E-state index is 11.5. The average Bonchev–Trinajstić information content (AvgIpc) is 2.65. The molecule has 0 N–H and O–H groups in total. The Morgan fingerprint density at radius 1 is 1.43 bits per heavy atom. The predicted molar refractivity (Wildman–Crippen MR) is 57.0 cm³/mol. The quantitative estimate of drug-likeness (QED) is 0.649. The summed E-state index contributed by atoms with van der Waals surface area (Å²) in [6.45, 7) is 10.3. The number of carbonyl (C=O) groups is 1. The van der Waals surface area contributed by atoms with Crippen LogP contribution in [0.1, 0.15) is 53.9 Å². The van der Waals surface area contributed by atoms with Crippen LogP contribution in [0.15, 0.2) is 0 Å². The molecule has 0 radical (unpaired) electrons. The third-order valence-electron chi connectivity index (χ3n) is 3.40. The Morgan fingerprint density at radius 3 is 2.29 bits per heavy atom. The highest BCUT2D eigenvalue weighted by molar-refractivity contribution is 5.70. The Bertz CT molecular complexity index is 224. The van der Waals surface area contributed by atoms with E-state index in [9.17, 15) is 4.79 Å². The van der Waals surface area contributed by atoms with E-state index in [0.29, 0.717) is 12.3 Å². The Kier molecular flexibility index (Phi) is 2.93. The van der Waals surface area contributed by atoms with Crippen LogP contribution in [0.3, 0.4) is 0 Å². The van der Waals surface area contributed by atoms with Crippen molar-refractivity contribution in [1.82, 2.24) is 0 Å². The van der Waals surface area contributed by atoms with Crippen molar-refractivity contribution < 1.29 is 9.53 Å². The molecule has 0 atom stereocenters. The molecule has 0 aromatic heterocycles. The second kappa shape index (κ2) is 3.56. The summed E-state index contributed by atoms with van der Waals surface area (Å²) in [6, 6.07) is 0. The van der Waals surface area contributed by atoms with Gasteiger partial charge in [-0.15, -0.1) is 0 Å². The summed E-state index contributed by atoms with van der Waals surface area (Å²) in [5, 5.41) is 0. The Hall–Kier alpha value is -0.530. The molecule has 0 aromatic carbocycles. The molecule has 0 heterocycles. The van der Waals surface area contributed by atoms with Gasteiger partial charge in [-0.1, -0.05) is 20.8 Å². The van der Waals surface area contributed by atoms with Crippen LogP contribution in [-0.2, 0) is 9.53 Å². The van der Waals surface area contributed by atoms with Crippen molar-refractivity contribution in [2.45, 2.75) is 59.5 Å². The van der Waals surface area contributed by atoms with Crippen LogP contribution < -0.4 is 0 Å². The topological polar surface area (TPSA) is 26.3 Å². The van der Waals surface area contributed by atoms with Crippen LogP contribution in [0.2, 0.25) is 0 Å². The van der Waals surface area contributed by atoms with E-state index in [1.54, 1.807) is 0 Å². The van der Waals surface area contributed by atoms with Crippen molar-refractivity contribution in [3.8, 4) is 0 Å². The molecular formula is C12H22O2. The van der Waals surface area contributed by atoms with Crippen LogP contribution in [0.5, 0.6) is 0 Å². The SMILES string of the molecule is CC(C)CC(=O)OC(C)(C)C1(C)CC1. The van der Waals surface area contributed by atoms with Gasteiger partial charge in [0.25, 0.3) is 0 Å². The van der Waals surface area contributed by atoms with E-state index in [1.165, 1.54) is 12.8 Å². The van der Waals surface area contributed by atoms with Crippen molar-refractivity contribution in [2.75, 3.05) is 0 Å². The molecule has 0 bridgehead atoms. The Labute approximate surface area is 87.0 Å². The zero-order valence-electron chi connectivity index (χ0n) is 10.0. The lowest BCUT2D eigenvalue weighted by molar-refractivity contribution is -0.163. The molecule has 1 rings (SSSR count). The summed E-state index contributed by atoms with van der Waals surface area (Å²) in [5.41, 5.74) is -0.0708. The van der Waals surface area contributed by atoms with E-state index >= 15 is 0 Å². The van der Waals surface area contributed by atoms with E-state index in [4.69, 9.17) is 4.74 Å². The minimum Gasteiger partial charge on any atom is -0.459 e. The molecule has 0 unspecified atom stereocenters. The summed E-state index contributed by atoms with van der Waals surface area (Å²) in [7, 11) is 0. The van der Waals surface area contributed by atoms with Crippen molar-refractivity contribution in [1.29, 1.82) is 0 Å². The summed E-state index contributed by atoms with van der Waals surface area (Å²) in [5.74, 6) is 0.323. The number of esters is 1. The van der Waals surface area contributed by atoms with E-state index in [0.717, 1.165) is 0 Å². The van der Waals surface area contributed by atoms with Gasteiger partial charge in [0, 0.05) is 11.8 Å². The highest BCUT2D eigenvalue weighted by Crippen LogP contribution is 2.55. The highest BCUT2D eigenvalue weighted by atomic mass is 16.6. The monoisotopic (exact) mass is 198 g/mol. The molecular weight excluding hydrogens is 176 g/mol. The van der Waals surface area contributed by atoms with E-state index in [-0.39, 0.29) is 17.0 Å². The number of carbonyl (C=O) groups excluding carboxylic acids is 1. The number of hydrogen-bond acceptors (Lipinski definition) is 2. The zero-order chi connectivity index (χ0) is 11.0. The fraction of sp³-hybridized carbons (Fsp3) is 0.917. The third-order valence-corrected chi connectivity index (χ3v) is 3.40. The fourth-order valence-electron chi connectivity index (χ4n) is 1.57. The smallest absolute Gasteiger partial charge is 0.306 e. The minimum absolute atomic E-state index is 0.0573. The Balaban J connectivity index is 2.46. The molecule has 1 aliphatic rings. The molecule has 1 fully saturated rings. The first-order chi connectivity index (χ1) is 6.27. The maximum atomic E-state index is 11.5. The molecule has 0 aromatic rings. The van der Waals surface area contributed by atoms with Gasteiger partial charge in [0.2, 0.25) is 0 Å². The first-order valence-corrected chi connectivity index (χ1v) is 5.49. The second-order valence-corrected chi connectivity index (χ2v) is 5.64. The maximum Gasteiger partial charge on any atom is 0.306 e. The molecule has 2 nitrogen and oxygen atoms in total. The van der Waals surface area contributed by atoms with Gasteiger partial charge in [0.15, 0.2) is 0 Å². The molecule has 1 aliphatic carbocycles. The van der Waals surface area contributed by atoms with Crippen molar-refractivity contribution in [2.24, 2.45) is 11.3 Å². The van der Waals surface area contributed by atoms with Gasteiger partial charge < -0.3 is 4.74 Å². The molecule has 0 saturated heterocycles. The van der Waals surface area contributed by atoms with Gasteiger partial charge >= 0.3 is 5.97 Å². The van der Waals surface area contributed by atoms with Gasteiger partial charge in [0.05, 0.1) is 0 Å². The van der Waals surface area contributed by atoms with Gasteiger partial charge in [-0.2, -0.15) is 0 Å². The standard InChI is InChI=1S/C12H22O2/c1-9(2)8-10(13)14-11(3,4)12(5)6-7-12/h9H,6-8H2,1-5H3. The van der Waals surface area contributed by atoms with Gasteiger partial charge in [0.1, 0.15) is 5.60 Å². The van der Waals surface area contributed by atoms with Crippen molar-refractivity contribution in [3.05, 3.63) is 0 Å². The minimum atomic E-state index is -0.293. The van der Waals surface area contributed by atoms with Crippen LogP contribution in [0.4, 0.5) is 0 Å². The first-order valence-electron chi connectivity index (χ1n) is 5.49. The van der Waals surface area contributed by atoms with Gasteiger partial charge in [-0.05, 0) is 32.6 Å². The number of ether oxygens (including phenoxy) is 1. The summed E-state index contributed by atoms with van der Waals surface area (Å²) < 4.78 is 5.54. The molecule has 2 heteroatoms. The molecule has 0 aliphatic heterocycles. The number of rotatable bonds is 4. The lowest BCUT2D eigenvalue weighted by atomic mass is 9.89. The summed E-state index contributed by atoms with van der Waals surface area (Å²) in [4.78, 5) is 11.5. The molecule has 82 valence electrons. The normalized spacial score (nSPS) is 19.6. The second-order valence-electron chi connectivity index (χ2n) is 5.64. The summed E-state index contributed by atoms with van der Waals surface area (Å²) in [6.07, 6.45) is 2.88. The van der Waals surface area contributed by atoms with E-state index in [2.05, 4.69) is 6.92 Å². The summed E-state index contributed by atoms with van der Waals surface area (Å²) >= 11 is 0. The molecule has 0 spiro atoms. The molecule has 0 amide bonds. The van der Waals surface area contributed by atoms with Crippen LogP contribution in [-0.4, -0.2) is 11.6 Å². The lowest BCUT2D eigenvalue weighted by Gasteiger charge is -2.32. The molecule has 1 saturated carbocycles. The van der Waals surface area contributed by atoms with E-state index < -0.39 is 0 Å². The predicted octanol–water partition coefficient (Wildman–Crippen LogP) is 3.15. The van der Waals surface area contributed by atoms with Crippen LogP contribution in [0, 0.1) is 11.3 Å². The van der Waals surface area contributed by atoms with Crippen LogP contribution in [0.25, 0.3) is 0 Å². The Morgan fingerprint density at radius 2 is 1.93 bits per heavy atom. The van der Waals surface area contributed by atoms with Gasteiger partial charge in [-0.3, -0.25) is 4.79 Å². The van der Waals surface area contributed by atoms with Crippen molar-refractivity contribution >= 4 is 5.97 Å². The number of hydrogen-bond donors (Lipinski definition) is 0. The van der Waals surface area contributed by atoms with E-state index in [1.807, 2.05) is 27.7 Å². The van der Waals surface area contributed by atoms with Crippen molar-refractivity contribution in [3.63, 3.8) is 0 Å².